The number of Topliss-reactive ketones (excluding diaryl/α,β-unsaturated/α-hetero) is 1. The Hall–Kier alpha value is -6.49. The number of cyclic esters (lactones) is 1. The van der Waals surface area contributed by atoms with Crippen molar-refractivity contribution in [3.8, 4) is 17.1 Å². The summed E-state index contributed by atoms with van der Waals surface area (Å²) in [7, 11) is 6.08. The van der Waals surface area contributed by atoms with Crippen LogP contribution in [0.1, 0.15) is 152 Å². The summed E-state index contributed by atoms with van der Waals surface area (Å²) in [6.45, 7) is 14.9. The van der Waals surface area contributed by atoms with Gasteiger partial charge >= 0.3 is 18.0 Å². The Morgan fingerprint density at radius 3 is 2.41 bits per heavy atom. The van der Waals surface area contributed by atoms with Crippen LogP contribution >= 0.6 is 0 Å². The second kappa shape index (κ2) is 21.7. The van der Waals surface area contributed by atoms with Crippen molar-refractivity contribution in [1.29, 1.82) is 0 Å². The first-order valence-electron chi connectivity index (χ1n) is 29.6. The first-order chi connectivity index (χ1) is 38.7. The van der Waals surface area contributed by atoms with Gasteiger partial charge in [0.25, 0.3) is 5.56 Å². The summed E-state index contributed by atoms with van der Waals surface area (Å²) in [6.07, 6.45) is 11.1. The number of hydrogen-bond donors (Lipinski definition) is 1. The van der Waals surface area contributed by atoms with E-state index in [1.807, 2.05) is 42.1 Å². The molecule has 8 atom stereocenters. The van der Waals surface area contributed by atoms with Gasteiger partial charge in [0.15, 0.2) is 22.8 Å². The molecule has 430 valence electrons. The molecule has 0 bridgehead atoms. The van der Waals surface area contributed by atoms with Crippen LogP contribution in [-0.2, 0) is 53.9 Å². The van der Waals surface area contributed by atoms with Crippen molar-refractivity contribution in [1.82, 2.24) is 24.3 Å². The Kier molecular flexibility index (Phi) is 15.1. The molecule has 0 spiro atoms. The summed E-state index contributed by atoms with van der Waals surface area (Å²) in [5, 5.41) is 12.2. The predicted octanol–water partition coefficient (Wildman–Crippen LogP) is 9.52. The lowest BCUT2D eigenvalue weighted by atomic mass is 9.50. The van der Waals surface area contributed by atoms with E-state index in [4.69, 9.17) is 19.2 Å². The van der Waals surface area contributed by atoms with Gasteiger partial charge in [-0.15, -0.1) is 0 Å². The first-order valence-corrected chi connectivity index (χ1v) is 29.6. The number of rotatable bonds is 15. The van der Waals surface area contributed by atoms with E-state index in [9.17, 15) is 33.9 Å². The van der Waals surface area contributed by atoms with Crippen molar-refractivity contribution >= 4 is 46.2 Å². The van der Waals surface area contributed by atoms with Crippen LogP contribution in [0, 0.1) is 17.3 Å². The summed E-state index contributed by atoms with van der Waals surface area (Å²) in [6, 6.07) is 16.4. The molecule has 1 N–H and O–H groups in total. The van der Waals surface area contributed by atoms with Crippen molar-refractivity contribution in [2.75, 3.05) is 52.2 Å². The fraction of sp³-hybridized carbons (Fsp3) is 0.554. The molecule has 5 heterocycles. The molecule has 81 heavy (non-hydrogen) atoms. The highest BCUT2D eigenvalue weighted by Crippen LogP contribution is 2.68. The third kappa shape index (κ3) is 9.73. The van der Waals surface area contributed by atoms with E-state index in [-0.39, 0.29) is 77.7 Å². The number of allylic oxidation sites excluding steroid dienone is 4. The molecule has 2 aromatic heterocycles. The SMILES string of the molecule is CC[C@@]1(O)C(=O)OCc2c1cc1n(c2=O)Cc2cc3c(CN(C)C)c(OC(=O)N4C[C@H](C)N(CCCCCCN(C)c5ccc(C6CC7(C)[C@@H](CCC7(OC(C)=O)C(C)=O)C7CCC8=CC(=O)CCC8=C67)cc5)C[C@H]4C)ccc3nc2-1. The Balaban J connectivity index is 0.693. The van der Waals surface area contributed by atoms with Gasteiger partial charge in [0.05, 0.1) is 29.0 Å². The number of benzene rings is 2. The van der Waals surface area contributed by atoms with E-state index in [1.165, 1.54) is 29.2 Å². The number of ether oxygens (including phenoxy) is 3. The molecule has 2 saturated carbocycles. The molecule has 2 aromatic carbocycles. The summed E-state index contributed by atoms with van der Waals surface area (Å²) in [5.41, 5.74) is 6.48. The number of nitrogens with zero attached hydrogens (tertiary/aromatic N) is 6. The number of carbonyl (C=O) groups excluding carboxylic acids is 5. The molecule has 11 rings (SSSR count). The highest BCUT2D eigenvalue weighted by Gasteiger charge is 2.67. The van der Waals surface area contributed by atoms with Crippen molar-refractivity contribution < 1.29 is 43.3 Å². The largest absolute Gasteiger partial charge is 0.458 e. The van der Waals surface area contributed by atoms with Crippen LogP contribution in [0.15, 0.2) is 76.1 Å². The third-order valence-electron chi connectivity index (χ3n) is 19.9. The third-order valence-corrected chi connectivity index (χ3v) is 19.9. The number of aliphatic hydroxyl groups is 1. The van der Waals surface area contributed by atoms with Gasteiger partial charge in [0, 0.05) is 97.8 Å². The molecule has 16 nitrogen and oxygen atoms in total. The minimum absolute atomic E-state index is 0.0539. The van der Waals surface area contributed by atoms with E-state index < -0.39 is 34.6 Å². The van der Waals surface area contributed by atoms with Gasteiger partial charge in [0.1, 0.15) is 12.4 Å². The number of fused-ring (bicyclic) bond motifs is 9. The van der Waals surface area contributed by atoms with E-state index in [2.05, 4.69) is 61.9 Å². The van der Waals surface area contributed by atoms with Gasteiger partial charge in [0.2, 0.25) is 0 Å². The quantitative estimate of drug-likeness (QED) is 0.0773. The lowest BCUT2D eigenvalue weighted by molar-refractivity contribution is -0.182. The molecular formula is C65H80N6O10. The number of esters is 2. The van der Waals surface area contributed by atoms with Gasteiger partial charge in [-0.2, -0.15) is 0 Å². The topological polar surface area (TPSA) is 181 Å². The molecule has 3 fully saturated rings. The average Bonchev–Trinajstić information content (AvgIpc) is 3.99. The number of ketones is 2. The van der Waals surface area contributed by atoms with Gasteiger partial charge in [-0.05, 0) is 170 Å². The van der Waals surface area contributed by atoms with Crippen LogP contribution in [0.3, 0.4) is 0 Å². The molecule has 4 aromatic rings. The zero-order valence-corrected chi connectivity index (χ0v) is 48.8. The van der Waals surface area contributed by atoms with Crippen LogP contribution < -0.4 is 15.2 Å². The molecule has 4 unspecified atom stereocenters. The second-order valence-corrected chi connectivity index (χ2v) is 25.1. The second-order valence-electron chi connectivity index (χ2n) is 25.1. The molecule has 16 heteroatoms. The monoisotopic (exact) mass is 1100 g/mol. The van der Waals surface area contributed by atoms with Crippen molar-refractivity contribution in [3.05, 3.63) is 109 Å². The molecular weight excluding hydrogens is 1020 g/mol. The molecule has 1 amide bonds. The number of pyridine rings is 2. The Morgan fingerprint density at radius 2 is 1.68 bits per heavy atom. The number of aromatic nitrogens is 2. The maximum absolute atomic E-state index is 14.1. The van der Waals surface area contributed by atoms with Crippen molar-refractivity contribution in [2.24, 2.45) is 17.3 Å². The minimum atomic E-state index is -1.91. The minimum Gasteiger partial charge on any atom is -0.458 e. The average molecular weight is 1110 g/mol. The number of anilines is 1. The maximum atomic E-state index is 14.1. The Bertz CT molecular complexity index is 3360. The molecule has 3 aliphatic heterocycles. The molecule has 0 radical (unpaired) electrons. The van der Waals surface area contributed by atoms with Crippen LogP contribution in [0.5, 0.6) is 5.75 Å². The zero-order chi connectivity index (χ0) is 57.4. The highest BCUT2D eigenvalue weighted by atomic mass is 16.6. The first kappa shape index (κ1) is 56.4. The van der Waals surface area contributed by atoms with Crippen LogP contribution in [0.25, 0.3) is 22.3 Å². The van der Waals surface area contributed by atoms with E-state index in [0.29, 0.717) is 55.0 Å². The predicted molar refractivity (Wildman–Crippen MR) is 309 cm³/mol. The fourth-order valence-electron chi connectivity index (χ4n) is 15.7. The lowest BCUT2D eigenvalue weighted by Crippen LogP contribution is -2.58. The van der Waals surface area contributed by atoms with Crippen LogP contribution in [0.4, 0.5) is 10.5 Å². The van der Waals surface area contributed by atoms with E-state index >= 15 is 0 Å². The van der Waals surface area contributed by atoms with Gasteiger partial charge < -0.3 is 38.6 Å². The van der Waals surface area contributed by atoms with E-state index in [0.717, 1.165) is 93.2 Å². The normalized spacial score (nSPS) is 27.7. The van der Waals surface area contributed by atoms with Crippen molar-refractivity contribution in [2.45, 2.75) is 167 Å². The zero-order valence-electron chi connectivity index (χ0n) is 48.8. The Labute approximate surface area is 475 Å². The summed E-state index contributed by atoms with van der Waals surface area (Å²) in [4.78, 5) is 93.3. The van der Waals surface area contributed by atoms with Gasteiger partial charge in [-0.3, -0.25) is 24.1 Å². The number of carbonyl (C=O) groups is 5. The maximum Gasteiger partial charge on any atom is 0.415 e. The number of piperazine rings is 1. The van der Waals surface area contributed by atoms with E-state index in [1.54, 1.807) is 30.5 Å². The molecule has 7 aliphatic rings. The Morgan fingerprint density at radius 1 is 0.914 bits per heavy atom. The van der Waals surface area contributed by atoms with Crippen LogP contribution in [-0.4, -0.2) is 124 Å². The van der Waals surface area contributed by atoms with Crippen LogP contribution in [0.2, 0.25) is 0 Å². The summed E-state index contributed by atoms with van der Waals surface area (Å²) >= 11 is 0. The lowest BCUT2D eigenvalue weighted by Gasteiger charge is -2.55. The number of hydrogen-bond acceptors (Lipinski definition) is 14. The highest BCUT2D eigenvalue weighted by molar-refractivity contribution is 5.93. The smallest absolute Gasteiger partial charge is 0.415 e. The number of amides is 1. The summed E-state index contributed by atoms with van der Waals surface area (Å²) < 4.78 is 19.3. The number of unbranched alkanes of at least 4 members (excludes halogenated alkanes) is 3. The molecule has 4 aliphatic carbocycles. The summed E-state index contributed by atoms with van der Waals surface area (Å²) in [5.74, 6) is -0.0102. The fourth-order valence-corrected chi connectivity index (χ4v) is 15.7. The standard InChI is InChI=1S/C65H80N6O10/c1-10-64(78)54-31-56-59-44(35-71(56)60(75)52(54)37-79-61(64)76)30-49-51(36-67(7)8)57(24-23-55(49)66-59)80-62(77)70-34-38(2)69(33-39(70)3)28-14-12-11-13-27-68(9)45-18-15-42(16-19-45)50-32-63(6)53(25-26-65(63,40(4)72)81-41(5)73)48-21-17-43-29-46(74)20-22-47(43)58(48)50/h15-16,18-19,23-24,29-31,38-39,48,50,53,78H,10-14,17,20-22,25-28,32-37H2,1-9H3/t38-,39+,48?,50?,53-,63?,64-,65?/m0/s1. The van der Waals surface area contributed by atoms with Crippen molar-refractivity contribution in [3.63, 3.8) is 0 Å². The van der Waals surface area contributed by atoms with Gasteiger partial charge in [-0.1, -0.05) is 44.4 Å². The molecule has 1 saturated heterocycles. The van der Waals surface area contributed by atoms with Gasteiger partial charge in [-0.25, -0.2) is 14.6 Å².